The summed E-state index contributed by atoms with van der Waals surface area (Å²) in [4.78, 5) is 4.38. The summed E-state index contributed by atoms with van der Waals surface area (Å²) < 4.78 is 20.7. The van der Waals surface area contributed by atoms with Crippen LogP contribution in [-0.4, -0.2) is 22.8 Å². The van der Waals surface area contributed by atoms with E-state index in [0.717, 1.165) is 5.52 Å². The Hall–Kier alpha value is -0.840. The molecule has 2 unspecified atom stereocenters. The van der Waals surface area contributed by atoms with Gasteiger partial charge in [0, 0.05) is 13.2 Å². The first-order valence-corrected chi connectivity index (χ1v) is 6.77. The molecule has 2 rings (SSSR count). The zero-order valence-corrected chi connectivity index (χ0v) is 12.5. The van der Waals surface area contributed by atoms with E-state index in [4.69, 9.17) is 27.9 Å². The van der Waals surface area contributed by atoms with E-state index in [2.05, 4.69) is 4.98 Å². The van der Waals surface area contributed by atoms with Crippen LogP contribution >= 0.6 is 23.2 Å². The second-order valence-corrected chi connectivity index (χ2v) is 5.56. The summed E-state index contributed by atoms with van der Waals surface area (Å²) in [6.45, 7) is 4.36. The molecule has 0 amide bonds. The molecule has 0 fully saturated rings. The zero-order chi connectivity index (χ0) is 14.2. The van der Waals surface area contributed by atoms with Gasteiger partial charge in [0.2, 0.25) is 0 Å². The Kier molecular flexibility index (Phi) is 4.33. The number of nitrogens with zero attached hydrogens (tertiary/aromatic N) is 2. The van der Waals surface area contributed by atoms with Gasteiger partial charge < -0.3 is 9.30 Å². The smallest absolute Gasteiger partial charge is 0.144 e. The number of rotatable bonds is 4. The Morgan fingerprint density at radius 2 is 2.11 bits per heavy atom. The number of halogens is 3. The second-order valence-electron chi connectivity index (χ2n) is 4.50. The van der Waals surface area contributed by atoms with Crippen LogP contribution in [0.1, 0.15) is 25.0 Å². The lowest BCUT2D eigenvalue weighted by Crippen LogP contribution is -2.17. The van der Waals surface area contributed by atoms with E-state index in [0.29, 0.717) is 17.9 Å². The molecule has 3 nitrogen and oxygen atoms in total. The topological polar surface area (TPSA) is 27.1 Å². The minimum Gasteiger partial charge on any atom is -0.380 e. The molecule has 2 atom stereocenters. The van der Waals surface area contributed by atoms with E-state index in [1.165, 1.54) is 6.07 Å². The van der Waals surface area contributed by atoms with E-state index >= 15 is 0 Å². The third-order valence-electron chi connectivity index (χ3n) is 3.02. The second kappa shape index (κ2) is 5.65. The Morgan fingerprint density at radius 1 is 1.42 bits per heavy atom. The van der Waals surface area contributed by atoms with Gasteiger partial charge >= 0.3 is 0 Å². The summed E-state index contributed by atoms with van der Waals surface area (Å²) in [5.74, 6) is 0.203. The molecule has 0 aliphatic rings. The maximum absolute atomic E-state index is 13.5. The molecule has 0 aliphatic heterocycles. The molecule has 0 aliphatic carbocycles. The van der Waals surface area contributed by atoms with Gasteiger partial charge in [-0.3, -0.25) is 0 Å². The molecular weight excluding hydrogens is 290 g/mol. The highest BCUT2D eigenvalue weighted by atomic mass is 35.5. The number of ether oxygens (including phenoxy) is 1. The first-order valence-electron chi connectivity index (χ1n) is 5.96. The van der Waals surface area contributed by atoms with Crippen molar-refractivity contribution >= 4 is 34.2 Å². The molecule has 2 aromatic rings. The fourth-order valence-electron chi connectivity index (χ4n) is 1.97. The zero-order valence-electron chi connectivity index (χ0n) is 11.0. The third kappa shape index (κ3) is 2.86. The van der Waals surface area contributed by atoms with Crippen molar-refractivity contribution in [3.63, 3.8) is 0 Å². The maximum atomic E-state index is 13.5. The van der Waals surface area contributed by atoms with Crippen LogP contribution in [-0.2, 0) is 11.3 Å². The maximum Gasteiger partial charge on any atom is 0.144 e. The van der Waals surface area contributed by atoms with Gasteiger partial charge in [-0.15, -0.1) is 11.6 Å². The molecule has 1 aromatic heterocycles. The average molecular weight is 305 g/mol. The molecule has 104 valence electrons. The van der Waals surface area contributed by atoms with Crippen LogP contribution in [0.5, 0.6) is 0 Å². The van der Waals surface area contributed by atoms with Crippen molar-refractivity contribution in [3.8, 4) is 0 Å². The third-order valence-corrected chi connectivity index (χ3v) is 3.50. The summed E-state index contributed by atoms with van der Waals surface area (Å²) in [6, 6.07) is 2.90. The van der Waals surface area contributed by atoms with Crippen LogP contribution < -0.4 is 0 Å². The van der Waals surface area contributed by atoms with E-state index in [-0.39, 0.29) is 16.5 Å². The molecule has 0 radical (unpaired) electrons. The number of imidazole rings is 1. The highest BCUT2D eigenvalue weighted by Crippen LogP contribution is 2.28. The van der Waals surface area contributed by atoms with Crippen LogP contribution in [0.25, 0.3) is 11.0 Å². The van der Waals surface area contributed by atoms with Crippen LogP contribution in [0.3, 0.4) is 0 Å². The molecule has 0 saturated carbocycles. The highest BCUT2D eigenvalue weighted by molar-refractivity contribution is 6.31. The predicted octanol–water partition coefficient (Wildman–Crippen LogP) is 4.16. The first kappa shape index (κ1) is 14.6. The summed E-state index contributed by atoms with van der Waals surface area (Å²) in [6.07, 6.45) is -0.00426. The monoisotopic (exact) mass is 304 g/mol. The number of hydrogen-bond donors (Lipinski definition) is 0. The Balaban J connectivity index is 2.62. The Bertz CT molecular complexity index is 598. The van der Waals surface area contributed by atoms with Gasteiger partial charge in [0.05, 0.1) is 34.1 Å². The van der Waals surface area contributed by atoms with Crippen LogP contribution in [0.4, 0.5) is 4.39 Å². The van der Waals surface area contributed by atoms with Crippen molar-refractivity contribution in [1.29, 1.82) is 0 Å². The van der Waals surface area contributed by atoms with Crippen molar-refractivity contribution in [2.75, 3.05) is 7.11 Å². The summed E-state index contributed by atoms with van der Waals surface area (Å²) in [5.41, 5.74) is 1.31. The lowest BCUT2D eigenvalue weighted by atomic mass is 10.3. The molecule has 0 spiro atoms. The standard InChI is InChI=1S/C13H15Cl2FN2O/c1-7(19-3)6-18-12-4-9(15)10(16)5-11(12)17-13(18)8(2)14/h4-5,7-8H,6H2,1-3H3. The summed E-state index contributed by atoms with van der Waals surface area (Å²) in [5, 5.41) is -0.203. The number of fused-ring (bicyclic) bond motifs is 1. The number of aromatic nitrogens is 2. The summed E-state index contributed by atoms with van der Waals surface area (Å²) >= 11 is 12.0. The van der Waals surface area contributed by atoms with Gasteiger partial charge in [-0.1, -0.05) is 11.6 Å². The largest absolute Gasteiger partial charge is 0.380 e. The van der Waals surface area contributed by atoms with Gasteiger partial charge in [-0.2, -0.15) is 0 Å². The van der Waals surface area contributed by atoms with Gasteiger partial charge in [-0.25, -0.2) is 9.37 Å². The lowest BCUT2D eigenvalue weighted by Gasteiger charge is -2.15. The summed E-state index contributed by atoms with van der Waals surface area (Å²) in [7, 11) is 1.64. The number of methoxy groups -OCH3 is 1. The fourth-order valence-corrected chi connectivity index (χ4v) is 2.29. The van der Waals surface area contributed by atoms with Crippen LogP contribution in [0, 0.1) is 5.82 Å². The first-order chi connectivity index (χ1) is 8.93. The predicted molar refractivity (Wildman–Crippen MR) is 75.4 cm³/mol. The van der Waals surface area contributed by atoms with Gasteiger partial charge in [0.25, 0.3) is 0 Å². The van der Waals surface area contributed by atoms with E-state index in [1.807, 2.05) is 18.4 Å². The molecule has 0 N–H and O–H groups in total. The SMILES string of the molecule is COC(C)Cn1c(C(C)Cl)nc2cc(F)c(Cl)cc21. The van der Waals surface area contributed by atoms with Gasteiger partial charge in [0.1, 0.15) is 11.6 Å². The van der Waals surface area contributed by atoms with E-state index < -0.39 is 5.82 Å². The average Bonchev–Trinajstić information content (AvgIpc) is 2.68. The molecule has 6 heteroatoms. The van der Waals surface area contributed by atoms with E-state index in [1.54, 1.807) is 13.2 Å². The Morgan fingerprint density at radius 3 is 2.68 bits per heavy atom. The number of alkyl halides is 1. The van der Waals surface area contributed by atoms with Crippen LogP contribution in [0.15, 0.2) is 12.1 Å². The normalized spacial score (nSPS) is 14.8. The molecular formula is C13H15Cl2FN2O. The number of benzene rings is 1. The quantitative estimate of drug-likeness (QED) is 0.793. The molecule has 19 heavy (non-hydrogen) atoms. The van der Waals surface area contributed by atoms with Gasteiger partial charge in [-0.05, 0) is 19.9 Å². The van der Waals surface area contributed by atoms with Crippen molar-refractivity contribution in [1.82, 2.24) is 9.55 Å². The molecule has 1 heterocycles. The fraction of sp³-hybridized carbons (Fsp3) is 0.462. The van der Waals surface area contributed by atoms with E-state index in [9.17, 15) is 4.39 Å². The Labute approximate surface area is 121 Å². The van der Waals surface area contributed by atoms with Gasteiger partial charge in [0.15, 0.2) is 0 Å². The lowest BCUT2D eigenvalue weighted by molar-refractivity contribution is 0.103. The van der Waals surface area contributed by atoms with Crippen molar-refractivity contribution < 1.29 is 9.13 Å². The van der Waals surface area contributed by atoms with Crippen LogP contribution in [0.2, 0.25) is 5.02 Å². The van der Waals surface area contributed by atoms with Crippen molar-refractivity contribution in [2.45, 2.75) is 31.9 Å². The highest BCUT2D eigenvalue weighted by Gasteiger charge is 2.18. The minimum absolute atomic E-state index is 0.00426. The molecule has 0 saturated heterocycles. The molecule has 0 bridgehead atoms. The molecule has 1 aromatic carbocycles. The minimum atomic E-state index is -0.479. The number of hydrogen-bond acceptors (Lipinski definition) is 2. The van der Waals surface area contributed by atoms with Crippen molar-refractivity contribution in [2.24, 2.45) is 0 Å². The van der Waals surface area contributed by atoms with Crippen molar-refractivity contribution in [3.05, 3.63) is 28.8 Å².